The van der Waals surface area contributed by atoms with Crippen molar-refractivity contribution in [3.63, 3.8) is 0 Å². The number of β-amino-alcohol motifs (C(OH)–C–C–N with tert-alkyl or cyclic N) is 1. The Morgan fingerprint density at radius 2 is 1.92 bits per heavy atom. The molecule has 1 amide bonds. The van der Waals surface area contributed by atoms with Gasteiger partial charge in [0.15, 0.2) is 0 Å². The lowest BCUT2D eigenvalue weighted by Crippen LogP contribution is -2.35. The van der Waals surface area contributed by atoms with Crippen LogP contribution in [0.25, 0.3) is 5.76 Å². The van der Waals surface area contributed by atoms with E-state index < -0.39 is 23.8 Å². The van der Waals surface area contributed by atoms with Gasteiger partial charge in [-0.3, -0.25) is 14.6 Å². The molecule has 6 nitrogen and oxygen atoms in total. The van der Waals surface area contributed by atoms with E-state index in [1.54, 1.807) is 48.7 Å². The molecule has 1 aliphatic rings. The van der Waals surface area contributed by atoms with Gasteiger partial charge in [0.2, 0.25) is 0 Å². The van der Waals surface area contributed by atoms with Gasteiger partial charge in [0, 0.05) is 23.3 Å². The Bertz CT molecular complexity index is 863. The Morgan fingerprint density at radius 1 is 1.23 bits per heavy atom. The smallest absolute Gasteiger partial charge is 0.295 e. The predicted octanol–water partition coefficient (Wildman–Crippen LogP) is 2.54. The van der Waals surface area contributed by atoms with E-state index in [0.717, 1.165) is 0 Å². The van der Waals surface area contributed by atoms with Gasteiger partial charge in [0.1, 0.15) is 11.8 Å². The van der Waals surface area contributed by atoms with Gasteiger partial charge in [0.25, 0.3) is 11.7 Å². The molecule has 3 rings (SSSR count). The van der Waals surface area contributed by atoms with E-state index in [9.17, 15) is 19.8 Å². The largest absolute Gasteiger partial charge is 0.507 e. The van der Waals surface area contributed by atoms with Crippen LogP contribution in [0.5, 0.6) is 0 Å². The molecular formula is C19H17ClN2O4. The lowest BCUT2D eigenvalue weighted by Gasteiger charge is -2.25. The van der Waals surface area contributed by atoms with Gasteiger partial charge in [-0.25, -0.2) is 0 Å². The lowest BCUT2D eigenvalue weighted by molar-refractivity contribution is -0.140. The summed E-state index contributed by atoms with van der Waals surface area (Å²) in [6.45, 7) is 1.47. The van der Waals surface area contributed by atoms with Gasteiger partial charge >= 0.3 is 0 Å². The Morgan fingerprint density at radius 3 is 2.50 bits per heavy atom. The summed E-state index contributed by atoms with van der Waals surface area (Å²) >= 11 is 5.87. The van der Waals surface area contributed by atoms with Gasteiger partial charge in [-0.1, -0.05) is 17.7 Å². The third-order valence-electron chi connectivity index (χ3n) is 4.09. The number of aliphatic hydroxyl groups excluding tert-OH is 2. The van der Waals surface area contributed by atoms with Crippen LogP contribution in [-0.4, -0.2) is 44.4 Å². The summed E-state index contributed by atoms with van der Waals surface area (Å²) in [5.41, 5.74) is 0.741. The first kappa shape index (κ1) is 18.1. The van der Waals surface area contributed by atoms with E-state index in [1.165, 1.54) is 11.8 Å². The van der Waals surface area contributed by atoms with Crippen LogP contribution in [-0.2, 0) is 9.59 Å². The molecule has 0 spiro atoms. The number of likely N-dealkylation sites (tertiary alicyclic amines) is 1. The van der Waals surface area contributed by atoms with E-state index in [4.69, 9.17) is 11.6 Å². The zero-order valence-electron chi connectivity index (χ0n) is 14.0. The second kappa shape index (κ2) is 7.27. The first-order valence-electron chi connectivity index (χ1n) is 8.03. The standard InChI is InChI=1S/C19H17ClN2O4/c1-11(23)10-22-16(14-4-2-3-9-21-14)15(18(25)19(22)26)17(24)12-5-7-13(20)8-6-12/h2-9,11,16,23-24H,10H2,1H3/t11-,16+/m0/s1. The fourth-order valence-electron chi connectivity index (χ4n) is 2.96. The molecule has 2 atom stereocenters. The number of rotatable bonds is 4. The highest BCUT2D eigenvalue weighted by molar-refractivity contribution is 6.46. The maximum absolute atomic E-state index is 12.6. The van der Waals surface area contributed by atoms with Crippen LogP contribution < -0.4 is 0 Å². The van der Waals surface area contributed by atoms with Crippen LogP contribution in [0.1, 0.15) is 24.2 Å². The summed E-state index contributed by atoms with van der Waals surface area (Å²) in [6.07, 6.45) is 0.704. The highest BCUT2D eigenvalue weighted by atomic mass is 35.5. The summed E-state index contributed by atoms with van der Waals surface area (Å²) in [5, 5.41) is 20.9. The fraction of sp³-hybridized carbons (Fsp3) is 0.211. The number of amides is 1. The zero-order valence-corrected chi connectivity index (χ0v) is 14.7. The molecule has 1 aliphatic heterocycles. The van der Waals surface area contributed by atoms with Crippen molar-refractivity contribution in [2.75, 3.05) is 6.54 Å². The quantitative estimate of drug-likeness (QED) is 0.489. The zero-order chi connectivity index (χ0) is 18.8. The van der Waals surface area contributed by atoms with Crippen molar-refractivity contribution in [1.29, 1.82) is 0 Å². The molecule has 1 aromatic heterocycles. The maximum atomic E-state index is 12.6. The third kappa shape index (κ3) is 3.34. The van der Waals surface area contributed by atoms with Gasteiger partial charge in [-0.05, 0) is 43.3 Å². The first-order valence-corrected chi connectivity index (χ1v) is 8.41. The number of pyridine rings is 1. The Labute approximate surface area is 155 Å². The van der Waals surface area contributed by atoms with Crippen molar-refractivity contribution in [2.45, 2.75) is 19.1 Å². The van der Waals surface area contributed by atoms with Gasteiger partial charge in [0.05, 0.1) is 17.4 Å². The maximum Gasteiger partial charge on any atom is 0.295 e. The van der Waals surface area contributed by atoms with E-state index in [1.807, 2.05) is 0 Å². The van der Waals surface area contributed by atoms with Crippen LogP contribution in [0.4, 0.5) is 0 Å². The van der Waals surface area contributed by atoms with Crippen molar-refractivity contribution in [1.82, 2.24) is 9.88 Å². The molecule has 0 saturated carbocycles. The molecule has 2 heterocycles. The predicted molar refractivity (Wildman–Crippen MR) is 96.4 cm³/mol. The molecule has 134 valence electrons. The Hall–Kier alpha value is -2.70. The number of carbonyl (C=O) groups is 2. The number of carbonyl (C=O) groups excluding carboxylic acids is 2. The third-order valence-corrected chi connectivity index (χ3v) is 4.34. The number of benzene rings is 1. The number of nitrogens with zero attached hydrogens (tertiary/aromatic N) is 2. The molecule has 1 saturated heterocycles. The molecule has 2 aromatic rings. The summed E-state index contributed by atoms with van der Waals surface area (Å²) in [7, 11) is 0. The van der Waals surface area contributed by atoms with Crippen molar-refractivity contribution in [3.05, 3.63) is 70.5 Å². The minimum absolute atomic E-state index is 0.0524. The van der Waals surface area contributed by atoms with Crippen LogP contribution in [0.15, 0.2) is 54.2 Å². The number of Topliss-reactive ketones (excluding diaryl/α,β-unsaturated/α-hetero) is 1. The second-order valence-electron chi connectivity index (χ2n) is 6.06. The van der Waals surface area contributed by atoms with Crippen LogP contribution in [0.2, 0.25) is 5.02 Å². The molecule has 0 unspecified atom stereocenters. The molecule has 1 fully saturated rings. The fourth-order valence-corrected chi connectivity index (χ4v) is 3.09. The highest BCUT2D eigenvalue weighted by Gasteiger charge is 2.46. The van der Waals surface area contributed by atoms with Crippen LogP contribution >= 0.6 is 11.6 Å². The number of hydrogen-bond donors (Lipinski definition) is 2. The summed E-state index contributed by atoms with van der Waals surface area (Å²) < 4.78 is 0. The number of halogens is 1. The molecule has 0 bridgehead atoms. The minimum atomic E-state index is -0.874. The number of ketones is 1. The highest BCUT2D eigenvalue weighted by Crippen LogP contribution is 2.38. The summed E-state index contributed by atoms with van der Waals surface area (Å²) in [4.78, 5) is 30.6. The van der Waals surface area contributed by atoms with Crippen molar-refractivity contribution in [2.24, 2.45) is 0 Å². The Balaban J connectivity index is 2.17. The molecule has 26 heavy (non-hydrogen) atoms. The molecule has 0 aliphatic carbocycles. The summed E-state index contributed by atoms with van der Waals surface area (Å²) in [6, 6.07) is 10.5. The van der Waals surface area contributed by atoms with Crippen LogP contribution in [0, 0.1) is 0 Å². The van der Waals surface area contributed by atoms with Crippen LogP contribution in [0.3, 0.4) is 0 Å². The van der Waals surface area contributed by atoms with Gasteiger partial charge in [-0.15, -0.1) is 0 Å². The molecule has 0 radical (unpaired) electrons. The lowest BCUT2D eigenvalue weighted by atomic mass is 9.98. The van der Waals surface area contributed by atoms with E-state index in [0.29, 0.717) is 16.3 Å². The first-order chi connectivity index (χ1) is 12.4. The molecular weight excluding hydrogens is 356 g/mol. The normalized spacial score (nSPS) is 20.4. The second-order valence-corrected chi connectivity index (χ2v) is 6.50. The van der Waals surface area contributed by atoms with E-state index in [-0.39, 0.29) is 17.9 Å². The number of aromatic nitrogens is 1. The van der Waals surface area contributed by atoms with Gasteiger partial charge < -0.3 is 15.1 Å². The molecule has 7 heteroatoms. The van der Waals surface area contributed by atoms with E-state index in [2.05, 4.69) is 4.98 Å². The monoisotopic (exact) mass is 372 g/mol. The number of hydrogen-bond acceptors (Lipinski definition) is 5. The molecule has 1 aromatic carbocycles. The topological polar surface area (TPSA) is 90.7 Å². The van der Waals surface area contributed by atoms with Crippen molar-refractivity contribution < 1.29 is 19.8 Å². The van der Waals surface area contributed by atoms with Crippen molar-refractivity contribution in [3.8, 4) is 0 Å². The SMILES string of the molecule is C[C@H](O)CN1C(=O)C(=O)C(=C(O)c2ccc(Cl)cc2)[C@H]1c1ccccn1. The number of aliphatic hydroxyl groups is 2. The van der Waals surface area contributed by atoms with Gasteiger partial charge in [-0.2, -0.15) is 0 Å². The molecule has 2 N–H and O–H groups in total. The van der Waals surface area contributed by atoms with Crippen molar-refractivity contribution >= 4 is 29.1 Å². The van der Waals surface area contributed by atoms with E-state index >= 15 is 0 Å². The average molecular weight is 373 g/mol. The average Bonchev–Trinajstić information content (AvgIpc) is 2.87. The summed E-state index contributed by atoms with van der Waals surface area (Å²) in [5.74, 6) is -1.89. The Kier molecular flexibility index (Phi) is 5.06. The minimum Gasteiger partial charge on any atom is -0.507 e.